The van der Waals surface area contributed by atoms with Gasteiger partial charge in [-0.15, -0.1) is 0 Å². The number of nitro benzene ring substituents is 1. The van der Waals surface area contributed by atoms with E-state index in [1.54, 1.807) is 6.07 Å². The van der Waals surface area contributed by atoms with Crippen LogP contribution in [-0.4, -0.2) is 28.8 Å². The molecule has 112 valence electrons. The molecule has 0 saturated carbocycles. The third-order valence-electron chi connectivity index (χ3n) is 2.79. The number of rotatable bonds is 8. The van der Waals surface area contributed by atoms with Crippen LogP contribution >= 0.6 is 0 Å². The molecule has 0 aliphatic heterocycles. The Balaban J connectivity index is 2.99. The van der Waals surface area contributed by atoms with Crippen molar-refractivity contribution >= 4 is 11.4 Å². The Labute approximate surface area is 118 Å². The van der Waals surface area contributed by atoms with Crippen LogP contribution in [0.15, 0.2) is 18.2 Å². The smallest absolute Gasteiger partial charge is 0.275 e. The Kier molecular flexibility index (Phi) is 5.76. The van der Waals surface area contributed by atoms with Crippen molar-refractivity contribution in [3.63, 3.8) is 0 Å². The summed E-state index contributed by atoms with van der Waals surface area (Å²) in [7, 11) is 0. The predicted molar refractivity (Wildman–Crippen MR) is 78.3 cm³/mol. The summed E-state index contributed by atoms with van der Waals surface area (Å²) in [5.41, 5.74) is 0.246. The highest BCUT2D eigenvalue weighted by Gasteiger charge is 2.19. The van der Waals surface area contributed by atoms with Crippen LogP contribution in [0.3, 0.4) is 0 Å². The second kappa shape index (κ2) is 7.09. The fourth-order valence-electron chi connectivity index (χ4n) is 1.80. The molecule has 0 radical (unpaired) electrons. The number of hydrogen-bond acceptors (Lipinski definition) is 5. The van der Waals surface area contributed by atoms with Crippen molar-refractivity contribution in [3.8, 4) is 5.75 Å². The Morgan fingerprint density at radius 1 is 1.40 bits per heavy atom. The standard InChI is InChI=1S/C14H22N2O4/c1-4-7-20-13-9-11(8-12(10-13)16(18)19)15-14(2,3)5-6-17/h8-10,15,17H,4-7H2,1-3H3. The molecule has 2 N–H and O–H groups in total. The number of nitro groups is 1. The predicted octanol–water partition coefficient (Wildman–Crippen LogP) is 2.96. The fraction of sp³-hybridized carbons (Fsp3) is 0.571. The van der Waals surface area contributed by atoms with Crippen LogP contribution in [0.4, 0.5) is 11.4 Å². The van der Waals surface area contributed by atoms with Crippen molar-refractivity contribution in [2.75, 3.05) is 18.5 Å². The number of aliphatic hydroxyl groups is 1. The van der Waals surface area contributed by atoms with Gasteiger partial charge < -0.3 is 15.2 Å². The molecule has 0 spiro atoms. The number of nitrogens with zero attached hydrogens (tertiary/aromatic N) is 1. The Morgan fingerprint density at radius 3 is 2.65 bits per heavy atom. The minimum atomic E-state index is -0.441. The monoisotopic (exact) mass is 282 g/mol. The SMILES string of the molecule is CCCOc1cc(NC(C)(C)CCO)cc([N+](=O)[O-])c1. The van der Waals surface area contributed by atoms with Crippen LogP contribution < -0.4 is 10.1 Å². The van der Waals surface area contributed by atoms with E-state index in [1.165, 1.54) is 12.1 Å². The molecule has 1 aromatic rings. The molecule has 1 aromatic carbocycles. The van der Waals surface area contributed by atoms with Gasteiger partial charge in [0.2, 0.25) is 0 Å². The third kappa shape index (κ3) is 5.05. The molecule has 0 fully saturated rings. The lowest BCUT2D eigenvalue weighted by Crippen LogP contribution is -2.31. The summed E-state index contributed by atoms with van der Waals surface area (Å²) in [4.78, 5) is 10.5. The minimum Gasteiger partial charge on any atom is -0.493 e. The van der Waals surface area contributed by atoms with Gasteiger partial charge in [0.1, 0.15) is 5.75 Å². The van der Waals surface area contributed by atoms with Crippen LogP contribution in [0.2, 0.25) is 0 Å². The fourth-order valence-corrected chi connectivity index (χ4v) is 1.80. The molecule has 0 atom stereocenters. The van der Waals surface area contributed by atoms with E-state index in [2.05, 4.69) is 5.32 Å². The van der Waals surface area contributed by atoms with Gasteiger partial charge in [0.25, 0.3) is 5.69 Å². The molecule has 0 aliphatic carbocycles. The van der Waals surface area contributed by atoms with Gasteiger partial charge in [0.15, 0.2) is 0 Å². The molecule has 0 bridgehead atoms. The summed E-state index contributed by atoms with van der Waals surface area (Å²) in [6.45, 7) is 6.39. The van der Waals surface area contributed by atoms with E-state index in [0.717, 1.165) is 6.42 Å². The van der Waals surface area contributed by atoms with Gasteiger partial charge in [-0.2, -0.15) is 0 Å². The van der Waals surface area contributed by atoms with E-state index >= 15 is 0 Å². The average Bonchev–Trinajstić information content (AvgIpc) is 2.35. The van der Waals surface area contributed by atoms with Gasteiger partial charge in [0.05, 0.1) is 17.6 Å². The summed E-state index contributed by atoms with van der Waals surface area (Å²) >= 11 is 0. The normalized spacial score (nSPS) is 11.2. The van der Waals surface area contributed by atoms with E-state index in [9.17, 15) is 10.1 Å². The highest BCUT2D eigenvalue weighted by Crippen LogP contribution is 2.28. The van der Waals surface area contributed by atoms with Crippen LogP contribution in [0.5, 0.6) is 5.75 Å². The summed E-state index contributed by atoms with van der Waals surface area (Å²) in [5, 5.41) is 23.2. The van der Waals surface area contributed by atoms with Gasteiger partial charge in [-0.05, 0) is 26.7 Å². The summed E-state index contributed by atoms with van der Waals surface area (Å²) < 4.78 is 5.47. The molecule has 20 heavy (non-hydrogen) atoms. The molecular weight excluding hydrogens is 260 g/mol. The van der Waals surface area contributed by atoms with Gasteiger partial charge in [-0.25, -0.2) is 0 Å². The largest absolute Gasteiger partial charge is 0.493 e. The second-order valence-corrected chi connectivity index (χ2v) is 5.30. The maximum atomic E-state index is 11.0. The first-order valence-corrected chi connectivity index (χ1v) is 6.69. The van der Waals surface area contributed by atoms with Gasteiger partial charge in [-0.1, -0.05) is 6.92 Å². The summed E-state index contributed by atoms with van der Waals surface area (Å²) in [6, 6.07) is 4.62. The molecule has 0 aliphatic rings. The molecule has 0 heterocycles. The van der Waals surface area contributed by atoms with E-state index in [-0.39, 0.29) is 17.8 Å². The number of ether oxygens (including phenoxy) is 1. The molecule has 0 saturated heterocycles. The van der Waals surface area contributed by atoms with E-state index < -0.39 is 4.92 Å². The lowest BCUT2D eigenvalue weighted by molar-refractivity contribution is -0.384. The zero-order chi connectivity index (χ0) is 15.2. The third-order valence-corrected chi connectivity index (χ3v) is 2.79. The van der Waals surface area contributed by atoms with Crippen LogP contribution in [-0.2, 0) is 0 Å². The van der Waals surface area contributed by atoms with Gasteiger partial charge in [-0.3, -0.25) is 10.1 Å². The number of benzene rings is 1. The van der Waals surface area contributed by atoms with Crippen molar-refractivity contribution in [3.05, 3.63) is 28.3 Å². The lowest BCUT2D eigenvalue weighted by atomic mass is 10.0. The first-order chi connectivity index (χ1) is 9.38. The Hall–Kier alpha value is -1.82. The van der Waals surface area contributed by atoms with E-state index in [0.29, 0.717) is 24.5 Å². The Bertz CT molecular complexity index is 460. The first-order valence-electron chi connectivity index (χ1n) is 6.69. The number of aliphatic hydroxyl groups excluding tert-OH is 1. The average molecular weight is 282 g/mol. The van der Waals surface area contributed by atoms with Crippen molar-refractivity contribution in [1.82, 2.24) is 0 Å². The highest BCUT2D eigenvalue weighted by atomic mass is 16.6. The zero-order valence-electron chi connectivity index (χ0n) is 12.2. The summed E-state index contributed by atoms with van der Waals surface area (Å²) in [6.07, 6.45) is 1.38. The van der Waals surface area contributed by atoms with Crippen LogP contribution in [0, 0.1) is 10.1 Å². The topological polar surface area (TPSA) is 84.6 Å². The van der Waals surface area contributed by atoms with Crippen molar-refractivity contribution in [2.24, 2.45) is 0 Å². The maximum Gasteiger partial charge on any atom is 0.275 e. The summed E-state index contributed by atoms with van der Waals surface area (Å²) in [5.74, 6) is 0.475. The molecule has 0 amide bonds. The number of anilines is 1. The molecule has 6 nitrogen and oxygen atoms in total. The number of nitrogens with one attached hydrogen (secondary N) is 1. The molecular formula is C14H22N2O4. The number of hydrogen-bond donors (Lipinski definition) is 2. The Morgan fingerprint density at radius 2 is 2.10 bits per heavy atom. The van der Waals surface area contributed by atoms with Crippen LogP contribution in [0.1, 0.15) is 33.6 Å². The van der Waals surface area contributed by atoms with E-state index in [1.807, 2.05) is 20.8 Å². The van der Waals surface area contributed by atoms with Crippen molar-refractivity contribution in [1.29, 1.82) is 0 Å². The molecule has 0 unspecified atom stereocenters. The number of non-ortho nitro benzene ring substituents is 1. The maximum absolute atomic E-state index is 11.0. The van der Waals surface area contributed by atoms with Gasteiger partial charge in [0, 0.05) is 30.0 Å². The second-order valence-electron chi connectivity index (χ2n) is 5.30. The molecule has 0 aromatic heterocycles. The van der Waals surface area contributed by atoms with E-state index in [4.69, 9.17) is 9.84 Å². The highest BCUT2D eigenvalue weighted by molar-refractivity contribution is 5.57. The van der Waals surface area contributed by atoms with Crippen molar-refractivity contribution < 1.29 is 14.8 Å². The quantitative estimate of drug-likeness (QED) is 0.565. The molecule has 6 heteroatoms. The minimum absolute atomic E-state index is 0.0131. The first kappa shape index (κ1) is 16.2. The lowest BCUT2D eigenvalue weighted by Gasteiger charge is -2.26. The van der Waals surface area contributed by atoms with Gasteiger partial charge >= 0.3 is 0 Å². The van der Waals surface area contributed by atoms with Crippen LogP contribution in [0.25, 0.3) is 0 Å². The zero-order valence-corrected chi connectivity index (χ0v) is 12.2. The van der Waals surface area contributed by atoms with Crippen molar-refractivity contribution in [2.45, 2.75) is 39.2 Å². The molecule has 1 rings (SSSR count).